The Morgan fingerprint density at radius 3 is 2.74 bits per heavy atom. The maximum absolute atomic E-state index is 12.3. The molecule has 0 aliphatic carbocycles. The van der Waals surface area contributed by atoms with Crippen LogP contribution in [0, 0.1) is 0 Å². The van der Waals surface area contributed by atoms with Crippen molar-refractivity contribution in [3.8, 4) is 0 Å². The minimum absolute atomic E-state index is 0.150. The smallest absolute Gasteiger partial charge is 0.246 e. The van der Waals surface area contributed by atoms with Crippen molar-refractivity contribution in [3.05, 3.63) is 41.3 Å². The third-order valence-electron chi connectivity index (χ3n) is 3.37. The molecule has 118 valence electrons. The average molecular weight is 375 g/mol. The summed E-state index contributed by atoms with van der Waals surface area (Å²) in [6.07, 6.45) is 1.45. The van der Waals surface area contributed by atoms with Gasteiger partial charge in [-0.05, 0) is 35.0 Å². The van der Waals surface area contributed by atoms with Gasteiger partial charge in [0.15, 0.2) is 5.65 Å². The van der Waals surface area contributed by atoms with Crippen molar-refractivity contribution in [2.45, 2.75) is 13.0 Å². The van der Waals surface area contributed by atoms with Crippen LogP contribution in [-0.4, -0.2) is 31.7 Å². The van der Waals surface area contributed by atoms with Crippen molar-refractivity contribution < 1.29 is 4.79 Å². The van der Waals surface area contributed by atoms with Crippen LogP contribution in [0.3, 0.4) is 0 Å². The van der Waals surface area contributed by atoms with Gasteiger partial charge in [-0.1, -0.05) is 18.2 Å². The minimum Gasteiger partial charge on any atom is -0.358 e. The lowest BCUT2D eigenvalue weighted by Gasteiger charge is -2.15. The van der Waals surface area contributed by atoms with Crippen LogP contribution in [0.1, 0.15) is 6.92 Å². The average Bonchev–Trinajstić information content (AvgIpc) is 2.84. The fraction of sp³-hybridized carbons (Fsp3) is 0.200. The highest BCUT2D eigenvalue weighted by atomic mass is 79.9. The zero-order valence-electron chi connectivity index (χ0n) is 12.6. The van der Waals surface area contributed by atoms with Crippen LogP contribution in [0.2, 0.25) is 0 Å². The summed E-state index contributed by atoms with van der Waals surface area (Å²) in [5, 5.41) is 11.0. The van der Waals surface area contributed by atoms with E-state index in [1.807, 2.05) is 30.3 Å². The molecule has 0 saturated heterocycles. The molecule has 1 amide bonds. The Labute approximate surface area is 141 Å². The van der Waals surface area contributed by atoms with Crippen molar-refractivity contribution in [3.63, 3.8) is 0 Å². The SMILES string of the molecule is CC(Nc1ncnc2c1c(Br)nn2C)C(=O)Nc1ccccc1. The fourth-order valence-corrected chi connectivity index (χ4v) is 2.80. The highest BCUT2D eigenvalue weighted by Gasteiger charge is 2.18. The summed E-state index contributed by atoms with van der Waals surface area (Å²) in [5.41, 5.74) is 1.44. The third kappa shape index (κ3) is 3.16. The van der Waals surface area contributed by atoms with Crippen LogP contribution < -0.4 is 10.6 Å². The van der Waals surface area contributed by atoms with Crippen molar-refractivity contribution >= 4 is 44.4 Å². The molecule has 0 bridgehead atoms. The predicted molar refractivity (Wildman–Crippen MR) is 92.2 cm³/mol. The number of aromatic nitrogens is 4. The molecule has 23 heavy (non-hydrogen) atoms. The van der Waals surface area contributed by atoms with E-state index >= 15 is 0 Å². The maximum atomic E-state index is 12.3. The van der Waals surface area contributed by atoms with E-state index in [0.29, 0.717) is 16.1 Å². The second kappa shape index (κ2) is 6.33. The lowest BCUT2D eigenvalue weighted by atomic mass is 10.2. The molecule has 1 aromatic carbocycles. The van der Waals surface area contributed by atoms with E-state index < -0.39 is 6.04 Å². The Hall–Kier alpha value is -2.48. The number of carbonyl (C=O) groups is 1. The molecule has 0 saturated carbocycles. The molecule has 8 heteroatoms. The number of anilines is 2. The first kappa shape index (κ1) is 15.4. The number of aryl methyl sites for hydroxylation is 1. The Morgan fingerprint density at radius 1 is 1.26 bits per heavy atom. The minimum atomic E-state index is -0.472. The number of hydrogen-bond acceptors (Lipinski definition) is 5. The number of para-hydroxylation sites is 1. The predicted octanol–water partition coefficient (Wildman–Crippen LogP) is 2.56. The molecular formula is C15H15BrN6O. The van der Waals surface area contributed by atoms with E-state index in [1.54, 1.807) is 18.7 Å². The first-order valence-corrected chi connectivity index (χ1v) is 7.81. The van der Waals surface area contributed by atoms with E-state index in [0.717, 1.165) is 11.1 Å². The molecule has 1 unspecified atom stereocenters. The molecular weight excluding hydrogens is 360 g/mol. The van der Waals surface area contributed by atoms with Crippen molar-refractivity contribution in [2.24, 2.45) is 7.05 Å². The second-order valence-corrected chi connectivity index (χ2v) is 5.81. The molecule has 1 atom stereocenters. The molecule has 2 N–H and O–H groups in total. The van der Waals surface area contributed by atoms with Crippen LogP contribution in [0.15, 0.2) is 41.3 Å². The summed E-state index contributed by atoms with van der Waals surface area (Å²) in [5.74, 6) is 0.411. The summed E-state index contributed by atoms with van der Waals surface area (Å²) in [4.78, 5) is 20.7. The van der Waals surface area contributed by atoms with Crippen LogP contribution >= 0.6 is 15.9 Å². The normalized spacial score (nSPS) is 12.1. The van der Waals surface area contributed by atoms with Gasteiger partial charge in [-0.2, -0.15) is 5.10 Å². The van der Waals surface area contributed by atoms with Gasteiger partial charge >= 0.3 is 0 Å². The number of benzene rings is 1. The molecule has 7 nitrogen and oxygen atoms in total. The molecule has 3 rings (SSSR count). The van der Waals surface area contributed by atoms with Gasteiger partial charge in [0, 0.05) is 12.7 Å². The Bertz CT molecular complexity index is 848. The molecule has 2 aromatic heterocycles. The quantitative estimate of drug-likeness (QED) is 0.732. The van der Waals surface area contributed by atoms with Gasteiger partial charge in [-0.25, -0.2) is 14.6 Å². The zero-order chi connectivity index (χ0) is 16.4. The number of amides is 1. The zero-order valence-corrected chi connectivity index (χ0v) is 14.2. The number of halogens is 1. The molecule has 2 heterocycles. The lowest BCUT2D eigenvalue weighted by Crippen LogP contribution is -2.32. The summed E-state index contributed by atoms with van der Waals surface area (Å²) < 4.78 is 2.29. The molecule has 0 aliphatic rings. The number of rotatable bonds is 4. The monoisotopic (exact) mass is 374 g/mol. The van der Waals surface area contributed by atoms with E-state index in [4.69, 9.17) is 0 Å². The first-order chi connectivity index (χ1) is 11.1. The summed E-state index contributed by atoms with van der Waals surface area (Å²) in [7, 11) is 1.80. The van der Waals surface area contributed by atoms with Gasteiger partial charge in [0.2, 0.25) is 5.91 Å². The Kier molecular flexibility index (Phi) is 4.24. The Balaban J connectivity index is 1.80. The van der Waals surface area contributed by atoms with E-state index in [-0.39, 0.29) is 5.91 Å². The highest BCUT2D eigenvalue weighted by Crippen LogP contribution is 2.27. The first-order valence-electron chi connectivity index (χ1n) is 7.02. The van der Waals surface area contributed by atoms with E-state index in [9.17, 15) is 4.79 Å². The summed E-state index contributed by atoms with van der Waals surface area (Å²) in [6, 6.07) is 8.84. The van der Waals surface area contributed by atoms with Crippen LogP contribution in [0.25, 0.3) is 11.0 Å². The van der Waals surface area contributed by atoms with Gasteiger partial charge < -0.3 is 10.6 Å². The summed E-state index contributed by atoms with van der Waals surface area (Å²) >= 11 is 3.40. The van der Waals surface area contributed by atoms with Crippen molar-refractivity contribution in [2.75, 3.05) is 10.6 Å². The maximum Gasteiger partial charge on any atom is 0.246 e. The number of nitrogens with one attached hydrogen (secondary N) is 2. The largest absolute Gasteiger partial charge is 0.358 e. The second-order valence-electron chi connectivity index (χ2n) is 5.06. The lowest BCUT2D eigenvalue weighted by molar-refractivity contribution is -0.116. The number of hydrogen-bond donors (Lipinski definition) is 2. The summed E-state index contributed by atoms with van der Waals surface area (Å²) in [6.45, 7) is 1.77. The number of carbonyl (C=O) groups excluding carboxylic acids is 1. The molecule has 3 aromatic rings. The van der Waals surface area contributed by atoms with Gasteiger partial charge in [-0.15, -0.1) is 0 Å². The van der Waals surface area contributed by atoms with E-state index in [1.165, 1.54) is 6.33 Å². The van der Waals surface area contributed by atoms with Gasteiger partial charge in [0.1, 0.15) is 22.8 Å². The van der Waals surface area contributed by atoms with Crippen LogP contribution in [-0.2, 0) is 11.8 Å². The van der Waals surface area contributed by atoms with Crippen LogP contribution in [0.5, 0.6) is 0 Å². The van der Waals surface area contributed by atoms with Crippen molar-refractivity contribution in [1.82, 2.24) is 19.7 Å². The van der Waals surface area contributed by atoms with E-state index in [2.05, 4.69) is 41.6 Å². The van der Waals surface area contributed by atoms with Gasteiger partial charge in [0.25, 0.3) is 0 Å². The van der Waals surface area contributed by atoms with Crippen LogP contribution in [0.4, 0.5) is 11.5 Å². The Morgan fingerprint density at radius 2 is 2.00 bits per heavy atom. The number of fused-ring (bicyclic) bond motifs is 1. The topological polar surface area (TPSA) is 84.7 Å². The van der Waals surface area contributed by atoms with Crippen molar-refractivity contribution in [1.29, 1.82) is 0 Å². The van der Waals surface area contributed by atoms with Gasteiger partial charge in [0.05, 0.1) is 5.39 Å². The fourth-order valence-electron chi connectivity index (χ4n) is 2.19. The number of nitrogens with zero attached hydrogens (tertiary/aromatic N) is 4. The molecule has 0 radical (unpaired) electrons. The standard InChI is InChI=1S/C15H15BrN6O/c1-9(15(23)20-10-6-4-3-5-7-10)19-13-11-12(16)21-22(2)14(11)18-8-17-13/h3-9H,1-2H3,(H,20,23)(H,17,18,19). The molecule has 0 fully saturated rings. The molecule has 0 spiro atoms. The molecule has 0 aliphatic heterocycles. The van der Waals surface area contributed by atoms with Gasteiger partial charge in [-0.3, -0.25) is 4.79 Å². The highest BCUT2D eigenvalue weighted by molar-refractivity contribution is 9.10. The third-order valence-corrected chi connectivity index (χ3v) is 3.92.